The molecule has 6 heteroatoms. The highest BCUT2D eigenvalue weighted by atomic mass is 79.9. The van der Waals surface area contributed by atoms with E-state index in [1.165, 1.54) is 11.8 Å². The van der Waals surface area contributed by atoms with Crippen molar-refractivity contribution in [2.24, 2.45) is 0 Å². The average molecular weight is 436 g/mol. The standard InChI is InChI=1S/C20H22BrNO3S/c1-4-26-17-10-15(21)13-22-19(17)16(23)11-18(24)25-20(2,3)12-14-8-6-5-7-9-14/h5-10,13H,4,11-12H2,1-3H3. The molecule has 0 saturated carbocycles. The molecule has 138 valence electrons. The topological polar surface area (TPSA) is 56.3 Å². The monoisotopic (exact) mass is 435 g/mol. The van der Waals surface area contributed by atoms with Gasteiger partial charge in [-0.15, -0.1) is 11.8 Å². The summed E-state index contributed by atoms with van der Waals surface area (Å²) in [5.41, 5.74) is 0.707. The lowest BCUT2D eigenvalue weighted by Gasteiger charge is -2.25. The van der Waals surface area contributed by atoms with Gasteiger partial charge in [-0.05, 0) is 47.2 Å². The van der Waals surface area contributed by atoms with Gasteiger partial charge in [0.05, 0.1) is 0 Å². The fraction of sp³-hybridized carbons (Fsp3) is 0.350. The number of nitrogens with zero attached hydrogens (tertiary/aromatic N) is 1. The molecule has 1 heterocycles. The first-order chi connectivity index (χ1) is 12.3. The number of carbonyl (C=O) groups excluding carboxylic acids is 2. The molecule has 0 unspecified atom stereocenters. The van der Waals surface area contributed by atoms with E-state index < -0.39 is 11.6 Å². The summed E-state index contributed by atoms with van der Waals surface area (Å²) in [6, 6.07) is 11.7. The lowest BCUT2D eigenvalue weighted by molar-refractivity contribution is -0.155. The van der Waals surface area contributed by atoms with E-state index in [2.05, 4.69) is 20.9 Å². The van der Waals surface area contributed by atoms with Gasteiger partial charge in [0, 0.05) is 22.0 Å². The third-order valence-corrected chi connectivity index (χ3v) is 4.90. The number of thioether (sulfide) groups is 1. The zero-order valence-electron chi connectivity index (χ0n) is 15.1. The van der Waals surface area contributed by atoms with Gasteiger partial charge in [0.25, 0.3) is 0 Å². The Kier molecular flexibility index (Phi) is 7.41. The summed E-state index contributed by atoms with van der Waals surface area (Å²) < 4.78 is 6.36. The van der Waals surface area contributed by atoms with Gasteiger partial charge in [-0.2, -0.15) is 0 Å². The quantitative estimate of drug-likeness (QED) is 0.250. The van der Waals surface area contributed by atoms with Crippen molar-refractivity contribution in [2.75, 3.05) is 5.75 Å². The summed E-state index contributed by atoms with van der Waals surface area (Å²) in [6.07, 6.45) is 1.84. The van der Waals surface area contributed by atoms with Crippen LogP contribution in [0.15, 0.2) is 52.0 Å². The summed E-state index contributed by atoms with van der Waals surface area (Å²) in [6.45, 7) is 5.69. The van der Waals surface area contributed by atoms with Crippen molar-refractivity contribution in [2.45, 2.75) is 44.1 Å². The van der Waals surface area contributed by atoms with Crippen molar-refractivity contribution in [3.05, 3.63) is 58.3 Å². The Morgan fingerprint density at radius 2 is 1.92 bits per heavy atom. The summed E-state index contributed by atoms with van der Waals surface area (Å²) in [4.78, 5) is 29.8. The largest absolute Gasteiger partial charge is 0.459 e. The second-order valence-electron chi connectivity index (χ2n) is 6.43. The fourth-order valence-corrected chi connectivity index (χ4v) is 3.89. The van der Waals surface area contributed by atoms with Crippen LogP contribution < -0.4 is 0 Å². The molecule has 0 saturated heterocycles. The van der Waals surface area contributed by atoms with Crippen molar-refractivity contribution in [1.82, 2.24) is 4.98 Å². The number of rotatable bonds is 8. The van der Waals surface area contributed by atoms with Gasteiger partial charge in [0.1, 0.15) is 17.7 Å². The minimum absolute atomic E-state index is 0.315. The number of pyridine rings is 1. The third kappa shape index (κ3) is 6.25. The summed E-state index contributed by atoms with van der Waals surface area (Å²) >= 11 is 4.88. The Morgan fingerprint density at radius 1 is 1.23 bits per heavy atom. The van der Waals surface area contributed by atoms with E-state index in [1.54, 1.807) is 6.20 Å². The van der Waals surface area contributed by atoms with Crippen LogP contribution in [0.25, 0.3) is 0 Å². The number of aromatic nitrogens is 1. The molecular formula is C20H22BrNO3S. The van der Waals surface area contributed by atoms with Gasteiger partial charge in [-0.25, -0.2) is 0 Å². The van der Waals surface area contributed by atoms with Gasteiger partial charge in [-0.3, -0.25) is 14.6 Å². The number of benzene rings is 1. The van der Waals surface area contributed by atoms with Crippen LogP contribution in [0.5, 0.6) is 0 Å². The molecule has 2 aromatic rings. The minimum atomic E-state index is -0.688. The highest BCUT2D eigenvalue weighted by molar-refractivity contribution is 9.10. The molecule has 0 spiro atoms. The van der Waals surface area contributed by atoms with Crippen LogP contribution >= 0.6 is 27.7 Å². The van der Waals surface area contributed by atoms with Crippen molar-refractivity contribution < 1.29 is 14.3 Å². The summed E-state index contributed by atoms with van der Waals surface area (Å²) in [5.74, 6) is -0.0467. The third-order valence-electron chi connectivity index (χ3n) is 3.55. The first kappa shape index (κ1) is 20.6. The van der Waals surface area contributed by atoms with Crippen LogP contribution in [-0.4, -0.2) is 28.1 Å². The molecule has 0 N–H and O–H groups in total. The predicted octanol–water partition coefficient (Wildman–Crippen LogP) is 5.09. The van der Waals surface area contributed by atoms with Crippen LogP contribution in [0.2, 0.25) is 0 Å². The highest BCUT2D eigenvalue weighted by Gasteiger charge is 2.26. The van der Waals surface area contributed by atoms with E-state index in [0.29, 0.717) is 12.1 Å². The molecule has 0 atom stereocenters. The average Bonchev–Trinajstić information content (AvgIpc) is 2.54. The van der Waals surface area contributed by atoms with Crippen molar-refractivity contribution in [3.8, 4) is 0 Å². The van der Waals surface area contributed by atoms with Crippen LogP contribution in [-0.2, 0) is 16.0 Å². The minimum Gasteiger partial charge on any atom is -0.459 e. The van der Waals surface area contributed by atoms with E-state index in [-0.39, 0.29) is 12.2 Å². The van der Waals surface area contributed by atoms with Gasteiger partial charge >= 0.3 is 5.97 Å². The number of esters is 1. The normalized spacial score (nSPS) is 11.2. The maximum absolute atomic E-state index is 12.5. The smallest absolute Gasteiger partial charge is 0.314 e. The van der Waals surface area contributed by atoms with E-state index in [9.17, 15) is 9.59 Å². The van der Waals surface area contributed by atoms with Gasteiger partial charge < -0.3 is 4.74 Å². The van der Waals surface area contributed by atoms with Crippen LogP contribution in [0, 0.1) is 0 Å². The number of Topliss-reactive ketones (excluding diaryl/α,β-unsaturated/α-hetero) is 1. The Bertz CT molecular complexity index is 778. The highest BCUT2D eigenvalue weighted by Crippen LogP contribution is 2.26. The molecule has 4 nitrogen and oxygen atoms in total. The Balaban J connectivity index is 2.02. The van der Waals surface area contributed by atoms with Gasteiger partial charge in [-0.1, -0.05) is 37.3 Å². The molecule has 0 aliphatic rings. The zero-order valence-corrected chi connectivity index (χ0v) is 17.5. The summed E-state index contributed by atoms with van der Waals surface area (Å²) in [7, 11) is 0. The van der Waals surface area contributed by atoms with E-state index in [0.717, 1.165) is 20.7 Å². The Hall–Kier alpha value is -1.66. The maximum Gasteiger partial charge on any atom is 0.314 e. The van der Waals surface area contributed by atoms with Crippen molar-refractivity contribution in [3.63, 3.8) is 0 Å². The molecule has 0 fully saturated rings. The van der Waals surface area contributed by atoms with Crippen LogP contribution in [0.1, 0.15) is 43.2 Å². The zero-order chi connectivity index (χ0) is 19.2. The number of carbonyl (C=O) groups is 2. The lowest BCUT2D eigenvalue weighted by atomic mass is 9.98. The summed E-state index contributed by atoms with van der Waals surface area (Å²) in [5, 5.41) is 0. The van der Waals surface area contributed by atoms with E-state index in [4.69, 9.17) is 4.74 Å². The number of ether oxygens (including phenoxy) is 1. The SMILES string of the molecule is CCSc1cc(Br)cnc1C(=O)CC(=O)OC(C)(C)Cc1ccccc1. The molecular weight excluding hydrogens is 414 g/mol. The first-order valence-corrected chi connectivity index (χ1v) is 10.2. The second kappa shape index (κ2) is 9.33. The Morgan fingerprint density at radius 3 is 2.58 bits per heavy atom. The fourth-order valence-electron chi connectivity index (χ4n) is 2.58. The molecule has 0 radical (unpaired) electrons. The molecule has 1 aromatic carbocycles. The predicted molar refractivity (Wildman–Crippen MR) is 108 cm³/mol. The van der Waals surface area contributed by atoms with E-state index >= 15 is 0 Å². The lowest BCUT2D eigenvalue weighted by Crippen LogP contribution is -2.31. The van der Waals surface area contributed by atoms with Crippen molar-refractivity contribution in [1.29, 1.82) is 0 Å². The molecule has 26 heavy (non-hydrogen) atoms. The van der Waals surface area contributed by atoms with Crippen LogP contribution in [0.3, 0.4) is 0 Å². The van der Waals surface area contributed by atoms with E-state index in [1.807, 2.05) is 57.2 Å². The molecule has 0 aliphatic carbocycles. The van der Waals surface area contributed by atoms with Gasteiger partial charge in [0.2, 0.25) is 0 Å². The second-order valence-corrected chi connectivity index (χ2v) is 8.65. The van der Waals surface area contributed by atoms with Gasteiger partial charge in [0.15, 0.2) is 5.78 Å². The maximum atomic E-state index is 12.5. The van der Waals surface area contributed by atoms with Crippen molar-refractivity contribution >= 4 is 39.4 Å². The number of hydrogen-bond acceptors (Lipinski definition) is 5. The molecule has 0 aliphatic heterocycles. The number of hydrogen-bond donors (Lipinski definition) is 0. The van der Waals surface area contributed by atoms with Crippen LogP contribution in [0.4, 0.5) is 0 Å². The molecule has 0 bridgehead atoms. The molecule has 1 aromatic heterocycles. The first-order valence-electron chi connectivity index (χ1n) is 8.38. The molecule has 2 rings (SSSR count). The molecule has 0 amide bonds. The Labute approximate surface area is 166 Å². The number of halogens is 1. The number of ketones is 1.